The summed E-state index contributed by atoms with van der Waals surface area (Å²) in [5.41, 5.74) is 2.22. The number of carboxylic acids is 1. The van der Waals surface area contributed by atoms with Gasteiger partial charge in [0.15, 0.2) is 0 Å². The van der Waals surface area contributed by atoms with Crippen LogP contribution in [-0.2, 0) is 38.5 Å². The minimum absolute atomic E-state index is 0.0588. The molecule has 4 atom stereocenters. The standard InChI is InChI=1S/C36H48N4O7/c1-21(39(8)34(46)47-36(5,6)7)30(41)38-29(35(2,3)4)32(43)40-20-24-17-16-23(33(44)45)18-25(24)19-28(40)31(42)37-27-15-11-13-22-12-9-10-14-26(22)27/h9-10,12,14,16-18,21,27-29H,11,13,15,19-20H2,1-8H3,(H,37,42)(H,38,41)(H,44,45)/t21-,27+,28?,29+/m0/s1. The zero-order valence-electron chi connectivity index (χ0n) is 28.7. The summed E-state index contributed by atoms with van der Waals surface area (Å²) in [6.45, 7) is 12.3. The summed E-state index contributed by atoms with van der Waals surface area (Å²) < 4.78 is 5.42. The molecule has 0 saturated carbocycles. The molecule has 2 aromatic rings. The van der Waals surface area contributed by atoms with E-state index in [0.717, 1.165) is 30.4 Å². The Balaban J connectivity index is 1.64. The first kappa shape index (κ1) is 35.4. The summed E-state index contributed by atoms with van der Waals surface area (Å²) in [6, 6.07) is 9.55. The van der Waals surface area contributed by atoms with Gasteiger partial charge in [-0.2, -0.15) is 0 Å². The minimum atomic E-state index is -1.08. The molecule has 2 aliphatic rings. The highest BCUT2D eigenvalue weighted by atomic mass is 16.6. The van der Waals surface area contributed by atoms with E-state index in [4.69, 9.17) is 4.74 Å². The number of benzene rings is 2. The van der Waals surface area contributed by atoms with Crippen molar-refractivity contribution in [3.63, 3.8) is 0 Å². The molecule has 11 nitrogen and oxygen atoms in total. The zero-order chi connectivity index (χ0) is 34.8. The lowest BCUT2D eigenvalue weighted by atomic mass is 9.83. The summed E-state index contributed by atoms with van der Waals surface area (Å²) in [5, 5.41) is 15.7. The molecule has 4 amide bonds. The third kappa shape index (κ3) is 8.31. The van der Waals surface area contributed by atoms with Gasteiger partial charge in [-0.3, -0.25) is 19.3 Å². The summed E-state index contributed by atoms with van der Waals surface area (Å²) in [5.74, 6) is -2.42. The maximum Gasteiger partial charge on any atom is 0.410 e. The molecular weight excluding hydrogens is 600 g/mol. The van der Waals surface area contributed by atoms with Gasteiger partial charge in [-0.15, -0.1) is 0 Å². The Morgan fingerprint density at radius 2 is 1.66 bits per heavy atom. The van der Waals surface area contributed by atoms with E-state index in [0.29, 0.717) is 5.56 Å². The average Bonchev–Trinajstić information content (AvgIpc) is 3.00. The van der Waals surface area contributed by atoms with Crippen molar-refractivity contribution in [2.75, 3.05) is 7.05 Å². The van der Waals surface area contributed by atoms with Gasteiger partial charge in [0.1, 0.15) is 23.7 Å². The van der Waals surface area contributed by atoms with Gasteiger partial charge in [0.05, 0.1) is 11.6 Å². The van der Waals surface area contributed by atoms with Crippen LogP contribution in [0.15, 0.2) is 42.5 Å². The molecule has 2 aromatic carbocycles. The molecule has 47 heavy (non-hydrogen) atoms. The van der Waals surface area contributed by atoms with Crippen molar-refractivity contribution in [2.45, 2.75) is 110 Å². The van der Waals surface area contributed by atoms with Crippen LogP contribution in [0.5, 0.6) is 0 Å². The van der Waals surface area contributed by atoms with E-state index in [9.17, 15) is 29.1 Å². The Labute approximate surface area is 277 Å². The molecule has 11 heteroatoms. The van der Waals surface area contributed by atoms with Crippen LogP contribution < -0.4 is 10.6 Å². The van der Waals surface area contributed by atoms with Gasteiger partial charge in [-0.05, 0) is 86.8 Å². The molecule has 0 spiro atoms. The summed E-state index contributed by atoms with van der Waals surface area (Å²) in [7, 11) is 1.46. The number of carboxylic acid groups (broad SMARTS) is 1. The fraction of sp³-hybridized carbons (Fsp3) is 0.528. The van der Waals surface area contributed by atoms with Crippen LogP contribution in [0.25, 0.3) is 0 Å². The second-order valence-electron chi connectivity index (χ2n) is 14.7. The van der Waals surface area contributed by atoms with Crippen molar-refractivity contribution in [3.8, 4) is 0 Å². The zero-order valence-corrected chi connectivity index (χ0v) is 28.7. The summed E-state index contributed by atoms with van der Waals surface area (Å²) >= 11 is 0. The van der Waals surface area contributed by atoms with E-state index in [1.54, 1.807) is 39.8 Å². The van der Waals surface area contributed by atoms with Crippen LogP contribution >= 0.6 is 0 Å². The Bertz CT molecular complexity index is 1540. The van der Waals surface area contributed by atoms with Crippen molar-refractivity contribution in [3.05, 3.63) is 70.3 Å². The molecule has 1 heterocycles. The van der Waals surface area contributed by atoms with Gasteiger partial charge < -0.3 is 25.4 Å². The number of nitrogens with zero attached hydrogens (tertiary/aromatic N) is 2. The molecule has 0 fully saturated rings. The van der Waals surface area contributed by atoms with E-state index in [-0.39, 0.29) is 30.5 Å². The number of hydrogen-bond acceptors (Lipinski definition) is 6. The van der Waals surface area contributed by atoms with Gasteiger partial charge >= 0.3 is 12.1 Å². The second-order valence-corrected chi connectivity index (χ2v) is 14.7. The van der Waals surface area contributed by atoms with Gasteiger partial charge in [-0.1, -0.05) is 51.1 Å². The van der Waals surface area contributed by atoms with E-state index in [2.05, 4.69) is 16.7 Å². The summed E-state index contributed by atoms with van der Waals surface area (Å²) in [4.78, 5) is 69.3. The number of carbonyl (C=O) groups is 5. The van der Waals surface area contributed by atoms with E-state index in [1.807, 2.05) is 39.0 Å². The Morgan fingerprint density at radius 1 is 0.979 bits per heavy atom. The lowest BCUT2D eigenvalue weighted by Crippen LogP contribution is -2.62. The van der Waals surface area contributed by atoms with Crippen LogP contribution in [0.1, 0.15) is 100.0 Å². The maximum atomic E-state index is 14.5. The fourth-order valence-electron chi connectivity index (χ4n) is 6.10. The number of rotatable bonds is 7. The lowest BCUT2D eigenvalue weighted by Gasteiger charge is -2.42. The Hall–Kier alpha value is -4.41. The highest BCUT2D eigenvalue weighted by Crippen LogP contribution is 2.32. The van der Waals surface area contributed by atoms with E-state index < -0.39 is 53.0 Å². The first-order valence-electron chi connectivity index (χ1n) is 16.2. The van der Waals surface area contributed by atoms with Gasteiger partial charge in [0.2, 0.25) is 17.7 Å². The van der Waals surface area contributed by atoms with Gasteiger partial charge in [0, 0.05) is 20.0 Å². The van der Waals surface area contributed by atoms with Crippen molar-refractivity contribution in [1.29, 1.82) is 0 Å². The number of aromatic carboxylic acids is 1. The molecular formula is C36H48N4O7. The van der Waals surface area contributed by atoms with Crippen LogP contribution in [-0.4, -0.2) is 75.5 Å². The molecule has 4 rings (SSSR count). The average molecular weight is 649 g/mol. The van der Waals surface area contributed by atoms with Crippen molar-refractivity contribution < 1.29 is 33.8 Å². The normalized spacial score (nSPS) is 18.9. The van der Waals surface area contributed by atoms with Gasteiger partial charge in [-0.25, -0.2) is 9.59 Å². The predicted molar refractivity (Wildman–Crippen MR) is 177 cm³/mol. The molecule has 0 saturated heterocycles. The predicted octanol–water partition coefficient (Wildman–Crippen LogP) is 4.62. The molecule has 1 unspecified atom stereocenters. The molecule has 1 aliphatic carbocycles. The van der Waals surface area contributed by atoms with E-state index in [1.165, 1.54) is 28.5 Å². The molecule has 3 N–H and O–H groups in total. The third-order valence-electron chi connectivity index (χ3n) is 8.90. The highest BCUT2D eigenvalue weighted by Gasteiger charge is 2.43. The third-order valence-corrected chi connectivity index (χ3v) is 8.90. The second kappa shape index (κ2) is 13.8. The molecule has 0 bridgehead atoms. The van der Waals surface area contributed by atoms with Crippen molar-refractivity contribution in [2.24, 2.45) is 5.41 Å². The molecule has 1 aliphatic heterocycles. The van der Waals surface area contributed by atoms with Crippen LogP contribution in [0.2, 0.25) is 0 Å². The number of aryl methyl sites for hydroxylation is 1. The SMILES string of the molecule is C[C@@H](C(=O)N[C@H](C(=O)N1Cc2ccc(C(=O)O)cc2CC1C(=O)N[C@@H]1CCCc2ccccc21)C(C)(C)C)N(C)C(=O)OC(C)(C)C. The van der Waals surface area contributed by atoms with Crippen LogP contribution in [0.4, 0.5) is 4.79 Å². The maximum absolute atomic E-state index is 14.5. The quantitative estimate of drug-likeness (QED) is 0.397. The highest BCUT2D eigenvalue weighted by molar-refractivity contribution is 5.95. The van der Waals surface area contributed by atoms with Crippen LogP contribution in [0, 0.1) is 5.41 Å². The fourth-order valence-corrected chi connectivity index (χ4v) is 6.10. The first-order valence-corrected chi connectivity index (χ1v) is 16.2. The topological polar surface area (TPSA) is 145 Å². The summed E-state index contributed by atoms with van der Waals surface area (Å²) in [6.07, 6.45) is 2.04. The number of ether oxygens (including phenoxy) is 1. The van der Waals surface area contributed by atoms with E-state index >= 15 is 0 Å². The lowest BCUT2D eigenvalue weighted by molar-refractivity contribution is -0.147. The number of amides is 4. The largest absolute Gasteiger partial charge is 0.478 e. The first-order chi connectivity index (χ1) is 21.9. The van der Waals surface area contributed by atoms with Crippen LogP contribution in [0.3, 0.4) is 0 Å². The number of nitrogens with one attached hydrogen (secondary N) is 2. The Morgan fingerprint density at radius 3 is 2.30 bits per heavy atom. The van der Waals surface area contributed by atoms with Crippen molar-refractivity contribution in [1.82, 2.24) is 20.4 Å². The monoisotopic (exact) mass is 648 g/mol. The smallest absolute Gasteiger partial charge is 0.410 e. The Kier molecular flexibility index (Phi) is 10.4. The number of hydrogen-bond donors (Lipinski definition) is 3. The number of carbonyl (C=O) groups excluding carboxylic acids is 4. The molecule has 254 valence electrons. The van der Waals surface area contributed by atoms with Gasteiger partial charge in [0.25, 0.3) is 0 Å². The van der Waals surface area contributed by atoms with Crippen molar-refractivity contribution >= 4 is 29.8 Å². The number of likely N-dealkylation sites (N-methyl/N-ethyl adjacent to an activating group) is 1. The number of fused-ring (bicyclic) bond motifs is 2. The minimum Gasteiger partial charge on any atom is -0.478 e. The molecule has 0 aromatic heterocycles. The molecule has 0 radical (unpaired) electrons.